The Hall–Kier alpha value is -1.69. The number of nitrogens with two attached hydrogens (primary N) is 1. The molecule has 1 aliphatic rings. The summed E-state index contributed by atoms with van der Waals surface area (Å²) in [6, 6.07) is 11.9. The molecule has 24 heavy (non-hydrogen) atoms. The van der Waals surface area contributed by atoms with Crippen molar-refractivity contribution in [2.75, 3.05) is 19.6 Å². The van der Waals surface area contributed by atoms with E-state index in [0.717, 1.165) is 25.6 Å². The van der Waals surface area contributed by atoms with Gasteiger partial charge in [-0.1, -0.05) is 18.2 Å². The number of nitrogens with zero attached hydrogens (tertiary/aromatic N) is 1. The van der Waals surface area contributed by atoms with E-state index in [4.69, 9.17) is 5.73 Å². The SMILES string of the molecule is NC(=O)c1ccc(CNCC2CCN(Cc3cccs3)CC2)cc1. The normalized spacial score (nSPS) is 16.3. The Morgan fingerprint density at radius 3 is 2.58 bits per heavy atom. The van der Waals surface area contributed by atoms with Crippen LogP contribution in [0.5, 0.6) is 0 Å². The maximum atomic E-state index is 11.1. The van der Waals surface area contributed by atoms with Gasteiger partial charge in [-0.3, -0.25) is 9.69 Å². The predicted molar refractivity (Wildman–Crippen MR) is 99.0 cm³/mol. The topological polar surface area (TPSA) is 58.4 Å². The Kier molecular flexibility index (Phi) is 6.01. The highest BCUT2D eigenvalue weighted by atomic mass is 32.1. The summed E-state index contributed by atoms with van der Waals surface area (Å²) in [4.78, 5) is 15.1. The molecule has 128 valence electrons. The smallest absolute Gasteiger partial charge is 0.248 e. The average Bonchev–Trinajstić information content (AvgIpc) is 3.10. The van der Waals surface area contributed by atoms with E-state index in [1.807, 2.05) is 23.5 Å². The first-order valence-electron chi connectivity index (χ1n) is 8.55. The Balaban J connectivity index is 1.35. The summed E-state index contributed by atoms with van der Waals surface area (Å²) >= 11 is 1.85. The highest BCUT2D eigenvalue weighted by Gasteiger charge is 2.19. The molecule has 0 spiro atoms. The summed E-state index contributed by atoms with van der Waals surface area (Å²) in [5.74, 6) is 0.387. The standard InChI is InChI=1S/C19H25N3OS/c20-19(23)17-5-3-15(4-6-17)12-21-13-16-7-9-22(10-8-16)14-18-2-1-11-24-18/h1-6,11,16,21H,7-10,12-14H2,(H2,20,23). The van der Waals surface area contributed by atoms with Crippen molar-refractivity contribution in [3.8, 4) is 0 Å². The van der Waals surface area contributed by atoms with Crippen LogP contribution in [0.1, 0.15) is 33.6 Å². The molecule has 2 heterocycles. The van der Waals surface area contributed by atoms with Gasteiger partial charge in [-0.2, -0.15) is 0 Å². The van der Waals surface area contributed by atoms with Gasteiger partial charge in [0.2, 0.25) is 5.91 Å². The average molecular weight is 343 g/mol. The second-order valence-electron chi connectivity index (χ2n) is 6.49. The molecule has 0 radical (unpaired) electrons. The van der Waals surface area contributed by atoms with E-state index in [1.54, 1.807) is 12.1 Å². The number of carbonyl (C=O) groups excluding carboxylic acids is 1. The molecule has 2 aromatic rings. The molecule has 1 aromatic heterocycles. The molecule has 0 saturated carbocycles. The number of piperidine rings is 1. The molecule has 1 fully saturated rings. The third-order valence-electron chi connectivity index (χ3n) is 4.67. The molecule has 1 saturated heterocycles. The number of benzene rings is 1. The van der Waals surface area contributed by atoms with Crippen LogP contribution in [0.25, 0.3) is 0 Å². The summed E-state index contributed by atoms with van der Waals surface area (Å²) in [6.45, 7) is 5.39. The van der Waals surface area contributed by atoms with Crippen molar-refractivity contribution in [2.45, 2.75) is 25.9 Å². The Bertz CT molecular complexity index is 631. The largest absolute Gasteiger partial charge is 0.366 e. The zero-order valence-corrected chi connectivity index (χ0v) is 14.7. The number of carbonyl (C=O) groups is 1. The molecule has 3 rings (SSSR count). The Morgan fingerprint density at radius 1 is 1.21 bits per heavy atom. The van der Waals surface area contributed by atoms with Crippen LogP contribution < -0.4 is 11.1 Å². The highest BCUT2D eigenvalue weighted by molar-refractivity contribution is 7.09. The van der Waals surface area contributed by atoms with Crippen LogP contribution in [0.3, 0.4) is 0 Å². The molecule has 0 unspecified atom stereocenters. The number of hydrogen-bond acceptors (Lipinski definition) is 4. The first-order valence-corrected chi connectivity index (χ1v) is 9.43. The van der Waals surface area contributed by atoms with Gasteiger partial charge >= 0.3 is 0 Å². The van der Waals surface area contributed by atoms with E-state index in [1.165, 1.54) is 36.4 Å². The molecule has 1 aliphatic heterocycles. The number of hydrogen-bond donors (Lipinski definition) is 2. The van der Waals surface area contributed by atoms with Crippen LogP contribution in [0.15, 0.2) is 41.8 Å². The zero-order chi connectivity index (χ0) is 16.8. The van der Waals surface area contributed by atoms with Crippen molar-refractivity contribution in [2.24, 2.45) is 11.7 Å². The minimum absolute atomic E-state index is 0.371. The number of primary amides is 1. The summed E-state index contributed by atoms with van der Waals surface area (Å²) in [7, 11) is 0. The second-order valence-corrected chi connectivity index (χ2v) is 7.52. The molecule has 4 nitrogen and oxygen atoms in total. The fourth-order valence-electron chi connectivity index (χ4n) is 3.18. The molecule has 0 bridgehead atoms. The molecule has 3 N–H and O–H groups in total. The van der Waals surface area contributed by atoms with Gasteiger partial charge in [0.25, 0.3) is 0 Å². The van der Waals surface area contributed by atoms with Crippen LogP contribution in [0.2, 0.25) is 0 Å². The van der Waals surface area contributed by atoms with Crippen LogP contribution in [-0.4, -0.2) is 30.4 Å². The lowest BCUT2D eigenvalue weighted by Gasteiger charge is -2.31. The maximum Gasteiger partial charge on any atom is 0.248 e. The molecular weight excluding hydrogens is 318 g/mol. The van der Waals surface area contributed by atoms with Gasteiger partial charge < -0.3 is 11.1 Å². The fraction of sp³-hybridized carbons (Fsp3) is 0.421. The third kappa shape index (κ3) is 4.90. The second kappa shape index (κ2) is 8.42. The van der Waals surface area contributed by atoms with Gasteiger partial charge in [0.05, 0.1) is 0 Å². The first-order chi connectivity index (χ1) is 11.7. The van der Waals surface area contributed by atoms with Gasteiger partial charge in [-0.25, -0.2) is 0 Å². The third-order valence-corrected chi connectivity index (χ3v) is 5.53. The van der Waals surface area contributed by atoms with E-state index in [0.29, 0.717) is 5.56 Å². The number of rotatable bonds is 7. The molecule has 0 aliphatic carbocycles. The number of thiophene rings is 1. The summed E-state index contributed by atoms with van der Waals surface area (Å²) in [5.41, 5.74) is 7.01. The highest BCUT2D eigenvalue weighted by Crippen LogP contribution is 2.20. The van der Waals surface area contributed by atoms with Crippen molar-refractivity contribution in [3.05, 3.63) is 57.8 Å². The fourth-order valence-corrected chi connectivity index (χ4v) is 3.93. The zero-order valence-electron chi connectivity index (χ0n) is 13.9. The van der Waals surface area contributed by atoms with E-state index in [-0.39, 0.29) is 5.91 Å². The minimum Gasteiger partial charge on any atom is -0.366 e. The molecule has 0 atom stereocenters. The van der Waals surface area contributed by atoms with Gasteiger partial charge in [-0.05, 0) is 67.5 Å². The Morgan fingerprint density at radius 2 is 1.96 bits per heavy atom. The number of likely N-dealkylation sites (tertiary alicyclic amines) is 1. The van der Waals surface area contributed by atoms with E-state index in [2.05, 4.69) is 27.7 Å². The lowest BCUT2D eigenvalue weighted by atomic mass is 9.96. The first kappa shape index (κ1) is 17.1. The Labute approximate surface area is 147 Å². The van der Waals surface area contributed by atoms with Gasteiger partial charge in [-0.15, -0.1) is 11.3 Å². The van der Waals surface area contributed by atoms with Crippen LogP contribution in [0, 0.1) is 5.92 Å². The van der Waals surface area contributed by atoms with Gasteiger partial charge in [0.1, 0.15) is 0 Å². The number of nitrogens with one attached hydrogen (secondary N) is 1. The summed E-state index contributed by atoms with van der Waals surface area (Å²) in [5, 5.41) is 5.70. The predicted octanol–water partition coefficient (Wildman–Crippen LogP) is 2.85. The summed E-state index contributed by atoms with van der Waals surface area (Å²) < 4.78 is 0. The lowest BCUT2D eigenvalue weighted by Crippen LogP contribution is -2.36. The van der Waals surface area contributed by atoms with Crippen molar-refractivity contribution in [3.63, 3.8) is 0 Å². The van der Waals surface area contributed by atoms with Crippen LogP contribution in [0.4, 0.5) is 0 Å². The lowest BCUT2D eigenvalue weighted by molar-refractivity contribution is 0.100. The monoisotopic (exact) mass is 343 g/mol. The van der Waals surface area contributed by atoms with Crippen molar-refractivity contribution >= 4 is 17.2 Å². The van der Waals surface area contributed by atoms with Crippen LogP contribution in [-0.2, 0) is 13.1 Å². The van der Waals surface area contributed by atoms with Crippen molar-refractivity contribution in [1.29, 1.82) is 0 Å². The van der Waals surface area contributed by atoms with Crippen molar-refractivity contribution < 1.29 is 4.79 Å². The van der Waals surface area contributed by atoms with E-state index >= 15 is 0 Å². The van der Waals surface area contributed by atoms with E-state index in [9.17, 15) is 4.79 Å². The molecule has 5 heteroatoms. The molecule has 1 amide bonds. The molecular formula is C19H25N3OS. The maximum absolute atomic E-state index is 11.1. The van der Waals surface area contributed by atoms with Gasteiger partial charge in [0, 0.05) is 23.5 Å². The quantitative estimate of drug-likeness (QED) is 0.813. The van der Waals surface area contributed by atoms with E-state index < -0.39 is 0 Å². The molecule has 1 aromatic carbocycles. The number of amides is 1. The van der Waals surface area contributed by atoms with Gasteiger partial charge in [0.15, 0.2) is 0 Å². The minimum atomic E-state index is -0.371. The van der Waals surface area contributed by atoms with Crippen molar-refractivity contribution in [1.82, 2.24) is 10.2 Å². The van der Waals surface area contributed by atoms with Crippen LogP contribution >= 0.6 is 11.3 Å². The summed E-state index contributed by atoms with van der Waals surface area (Å²) in [6.07, 6.45) is 2.53.